The van der Waals surface area contributed by atoms with Crippen molar-refractivity contribution in [3.63, 3.8) is 0 Å². The zero-order valence-electron chi connectivity index (χ0n) is 19.5. The highest BCUT2D eigenvalue weighted by atomic mass is 32.2. The fourth-order valence-corrected chi connectivity index (χ4v) is 6.12. The topological polar surface area (TPSA) is 93.4 Å². The van der Waals surface area contributed by atoms with Gasteiger partial charge in [-0.1, -0.05) is 24.3 Å². The number of ketones is 1. The van der Waals surface area contributed by atoms with Crippen LogP contribution < -0.4 is 0 Å². The van der Waals surface area contributed by atoms with Crippen molar-refractivity contribution >= 4 is 26.8 Å². The van der Waals surface area contributed by atoms with Crippen molar-refractivity contribution < 1.29 is 30.8 Å². The van der Waals surface area contributed by atoms with Gasteiger partial charge in [0, 0.05) is 48.1 Å². The van der Waals surface area contributed by atoms with E-state index >= 15 is 0 Å². The molecule has 1 aliphatic rings. The number of carbonyl (C=O) groups is 1. The number of para-hydroxylation sites is 1. The number of aromatic nitrogens is 2. The summed E-state index contributed by atoms with van der Waals surface area (Å²) in [4.78, 5) is 20.8. The van der Waals surface area contributed by atoms with Crippen molar-refractivity contribution in [2.75, 3.05) is 6.54 Å². The first-order valence-electron chi connectivity index (χ1n) is 11.6. The summed E-state index contributed by atoms with van der Waals surface area (Å²) in [5.41, 5.74) is 1.15. The van der Waals surface area contributed by atoms with E-state index in [4.69, 9.17) is 4.42 Å². The second-order valence-electron chi connectivity index (χ2n) is 8.81. The van der Waals surface area contributed by atoms with E-state index in [-0.39, 0.29) is 30.3 Å². The number of hydrogen-bond donors (Lipinski definition) is 0. The number of alkyl halides is 3. The molecule has 5 rings (SSSR count). The molecule has 0 unspecified atom stereocenters. The van der Waals surface area contributed by atoms with Crippen molar-refractivity contribution in [1.82, 2.24) is 14.3 Å². The number of pyridine rings is 2. The Kier molecular flexibility index (Phi) is 6.59. The smallest absolute Gasteiger partial charge is 0.433 e. The molecule has 1 atom stereocenters. The average Bonchev–Trinajstić information content (AvgIpc) is 3.55. The summed E-state index contributed by atoms with van der Waals surface area (Å²) in [7, 11) is -3.99. The molecule has 0 amide bonds. The number of aryl methyl sites for hydroxylation is 1. The van der Waals surface area contributed by atoms with E-state index in [1.807, 2.05) is 0 Å². The summed E-state index contributed by atoms with van der Waals surface area (Å²) in [6.45, 7) is 0.227. The molecule has 4 heterocycles. The summed E-state index contributed by atoms with van der Waals surface area (Å²) < 4.78 is 71.7. The molecule has 0 aliphatic carbocycles. The van der Waals surface area contributed by atoms with Crippen LogP contribution in [-0.4, -0.2) is 41.1 Å². The zero-order valence-corrected chi connectivity index (χ0v) is 20.3. The van der Waals surface area contributed by atoms with Gasteiger partial charge in [0.1, 0.15) is 11.3 Å². The van der Waals surface area contributed by atoms with Gasteiger partial charge in [-0.05, 0) is 49.1 Å². The predicted octanol–water partition coefficient (Wildman–Crippen LogP) is 5.26. The largest absolute Gasteiger partial charge is 0.443 e. The fourth-order valence-electron chi connectivity index (χ4n) is 4.49. The van der Waals surface area contributed by atoms with Gasteiger partial charge in [0.25, 0.3) is 10.0 Å². The van der Waals surface area contributed by atoms with Crippen LogP contribution in [0.3, 0.4) is 0 Å². The van der Waals surface area contributed by atoms with E-state index in [1.165, 1.54) is 22.6 Å². The lowest BCUT2D eigenvalue weighted by Gasteiger charge is -2.21. The van der Waals surface area contributed by atoms with Gasteiger partial charge in [0.2, 0.25) is 5.09 Å². The maximum absolute atomic E-state index is 13.3. The molecule has 37 heavy (non-hydrogen) atoms. The molecule has 1 fully saturated rings. The number of Topliss-reactive ketones (excluding diaryl/α,β-unsaturated/α-hetero) is 1. The molecule has 192 valence electrons. The molecule has 0 N–H and O–H groups in total. The lowest BCUT2D eigenvalue weighted by Crippen LogP contribution is -2.40. The first-order valence-corrected chi connectivity index (χ1v) is 13.1. The van der Waals surface area contributed by atoms with Crippen LogP contribution in [0, 0.1) is 0 Å². The maximum Gasteiger partial charge on any atom is 0.433 e. The zero-order chi connectivity index (χ0) is 26.2. The highest BCUT2D eigenvalue weighted by Crippen LogP contribution is 2.32. The average molecular weight is 530 g/mol. The molecule has 3 aromatic heterocycles. The molecule has 4 aromatic rings. The van der Waals surface area contributed by atoms with Gasteiger partial charge >= 0.3 is 6.18 Å². The van der Waals surface area contributed by atoms with Gasteiger partial charge in [-0.2, -0.15) is 17.5 Å². The number of hydrogen-bond acceptors (Lipinski definition) is 6. The third-order valence-corrected chi connectivity index (χ3v) is 8.14. The monoisotopic (exact) mass is 529 g/mol. The molecule has 0 bridgehead atoms. The summed E-state index contributed by atoms with van der Waals surface area (Å²) in [5, 5.41) is 0.477. The Labute approximate surface area is 211 Å². The summed E-state index contributed by atoms with van der Waals surface area (Å²) >= 11 is 0. The third-order valence-electron chi connectivity index (χ3n) is 6.37. The molecular formula is C26H22F3N3O4S. The lowest BCUT2D eigenvalue weighted by atomic mass is 10.0. The van der Waals surface area contributed by atoms with Crippen molar-refractivity contribution in [3.8, 4) is 11.1 Å². The van der Waals surface area contributed by atoms with E-state index in [2.05, 4.69) is 9.97 Å². The van der Waals surface area contributed by atoms with Crippen LogP contribution in [0.25, 0.3) is 22.1 Å². The molecule has 7 nitrogen and oxygen atoms in total. The highest BCUT2D eigenvalue weighted by molar-refractivity contribution is 7.89. The summed E-state index contributed by atoms with van der Waals surface area (Å²) in [6.07, 6.45) is -0.552. The van der Waals surface area contributed by atoms with Crippen LogP contribution in [0.15, 0.2) is 76.5 Å². The van der Waals surface area contributed by atoms with Crippen LogP contribution in [0.2, 0.25) is 0 Å². The van der Waals surface area contributed by atoms with Crippen LogP contribution in [0.4, 0.5) is 13.2 Å². The number of halogens is 3. The van der Waals surface area contributed by atoms with Crippen molar-refractivity contribution in [2.24, 2.45) is 0 Å². The second kappa shape index (κ2) is 9.71. The molecule has 1 aliphatic heterocycles. The van der Waals surface area contributed by atoms with Crippen molar-refractivity contribution in [1.29, 1.82) is 0 Å². The van der Waals surface area contributed by atoms with Gasteiger partial charge in [-0.3, -0.25) is 14.8 Å². The molecule has 11 heteroatoms. The number of furan rings is 1. The molecule has 0 radical (unpaired) electrons. The lowest BCUT2D eigenvalue weighted by molar-refractivity contribution is -0.141. The van der Waals surface area contributed by atoms with Crippen LogP contribution in [0.1, 0.15) is 30.7 Å². The van der Waals surface area contributed by atoms with Crippen LogP contribution in [-0.2, 0) is 27.4 Å². The molecule has 0 saturated carbocycles. The van der Waals surface area contributed by atoms with Crippen LogP contribution >= 0.6 is 0 Å². The van der Waals surface area contributed by atoms with Gasteiger partial charge in [0.15, 0.2) is 5.78 Å². The summed E-state index contributed by atoms with van der Waals surface area (Å²) in [6, 6.07) is 13.2. The van der Waals surface area contributed by atoms with E-state index in [0.29, 0.717) is 40.6 Å². The van der Waals surface area contributed by atoms with E-state index in [0.717, 1.165) is 12.3 Å². The predicted molar refractivity (Wildman–Crippen MR) is 129 cm³/mol. The van der Waals surface area contributed by atoms with E-state index < -0.39 is 27.9 Å². The molecule has 0 spiro atoms. The SMILES string of the molecule is O=C(CCc1cc(-c2ccc(C(F)(F)F)nc2)ccn1)[C@@H]1CCCN1S(=O)(=O)c1cc2ccccc2o1. The first-order chi connectivity index (χ1) is 17.6. The van der Waals surface area contributed by atoms with Crippen LogP contribution in [0.5, 0.6) is 0 Å². The Balaban J connectivity index is 1.28. The second-order valence-corrected chi connectivity index (χ2v) is 10.6. The Morgan fingerprint density at radius 2 is 1.86 bits per heavy atom. The normalized spacial score (nSPS) is 16.9. The number of carbonyl (C=O) groups excluding carboxylic acids is 1. The van der Waals surface area contributed by atoms with Crippen molar-refractivity contribution in [2.45, 2.75) is 43.0 Å². The Morgan fingerprint density at radius 3 is 2.59 bits per heavy atom. The minimum absolute atomic E-state index is 0.0680. The van der Waals surface area contributed by atoms with E-state index in [9.17, 15) is 26.4 Å². The van der Waals surface area contributed by atoms with Gasteiger partial charge in [-0.25, -0.2) is 8.42 Å². The Hall–Kier alpha value is -3.57. The van der Waals surface area contributed by atoms with Gasteiger partial charge in [0.05, 0.1) is 6.04 Å². The fraction of sp³-hybridized carbons (Fsp3) is 0.269. The molecule has 1 saturated heterocycles. The molecular weight excluding hydrogens is 507 g/mol. The summed E-state index contributed by atoms with van der Waals surface area (Å²) in [5.74, 6) is -0.222. The minimum Gasteiger partial charge on any atom is -0.443 e. The number of rotatable bonds is 7. The first kappa shape index (κ1) is 25.1. The number of nitrogens with zero attached hydrogens (tertiary/aromatic N) is 3. The Morgan fingerprint density at radius 1 is 1.05 bits per heavy atom. The van der Waals surface area contributed by atoms with E-state index in [1.54, 1.807) is 36.4 Å². The number of sulfonamides is 1. The van der Waals surface area contributed by atoms with Crippen molar-refractivity contribution in [3.05, 3.63) is 78.4 Å². The Bertz CT molecular complexity index is 1520. The minimum atomic E-state index is -4.52. The van der Waals surface area contributed by atoms with Gasteiger partial charge < -0.3 is 4.42 Å². The standard InChI is InChI=1S/C26H22F3N3O4S/c27-26(28,29)24-10-7-19(16-31-24)17-11-12-30-20(14-17)8-9-22(33)21-5-3-13-32(21)37(34,35)25-15-18-4-1-2-6-23(18)36-25/h1-2,4,6-7,10-12,14-16,21H,3,5,8-9,13H2/t21-/m0/s1. The molecule has 1 aromatic carbocycles. The number of fused-ring (bicyclic) bond motifs is 1. The van der Waals surface area contributed by atoms with Gasteiger partial charge in [-0.15, -0.1) is 0 Å². The number of benzene rings is 1. The quantitative estimate of drug-likeness (QED) is 0.324. The maximum atomic E-state index is 13.3. The highest BCUT2D eigenvalue weighted by Gasteiger charge is 2.40. The third kappa shape index (κ3) is 5.14.